The fourth-order valence-electron chi connectivity index (χ4n) is 2.94. The molecule has 0 radical (unpaired) electrons. The molecular weight excluding hydrogens is 204 g/mol. The fourth-order valence-corrected chi connectivity index (χ4v) is 4.35. The van der Waals surface area contributed by atoms with Gasteiger partial charge in [-0.15, -0.1) is 0 Å². The lowest BCUT2D eigenvalue weighted by molar-refractivity contribution is 0.133. The standard InChI is InChI=1S/C13H24OS/c14-13(11-6-4-5-7-11)10-15-12-8-2-1-3-9-12/h11-14H,1-10H2. The number of hydrogen-bond acceptors (Lipinski definition) is 2. The maximum atomic E-state index is 10.1. The van der Waals surface area contributed by atoms with Crippen LogP contribution in [0.4, 0.5) is 0 Å². The Balaban J connectivity index is 1.63. The van der Waals surface area contributed by atoms with Gasteiger partial charge in [0.25, 0.3) is 0 Å². The molecule has 0 aromatic rings. The van der Waals surface area contributed by atoms with Crippen LogP contribution in [0.25, 0.3) is 0 Å². The Hall–Kier alpha value is 0.310. The lowest BCUT2D eigenvalue weighted by Gasteiger charge is -2.24. The van der Waals surface area contributed by atoms with Crippen molar-refractivity contribution in [3.63, 3.8) is 0 Å². The minimum absolute atomic E-state index is 0.0144. The van der Waals surface area contributed by atoms with Crippen molar-refractivity contribution < 1.29 is 5.11 Å². The Kier molecular flexibility index (Phi) is 4.83. The molecule has 2 aliphatic carbocycles. The second kappa shape index (κ2) is 6.15. The Bertz CT molecular complexity index is 171. The highest BCUT2D eigenvalue weighted by atomic mass is 32.2. The molecule has 15 heavy (non-hydrogen) atoms. The fraction of sp³-hybridized carbons (Fsp3) is 1.00. The van der Waals surface area contributed by atoms with E-state index in [0.717, 1.165) is 11.0 Å². The first-order chi connectivity index (χ1) is 7.36. The van der Waals surface area contributed by atoms with E-state index in [1.54, 1.807) is 0 Å². The zero-order valence-corrected chi connectivity index (χ0v) is 10.5. The first-order valence-corrected chi connectivity index (χ1v) is 7.71. The van der Waals surface area contributed by atoms with Gasteiger partial charge in [0.2, 0.25) is 0 Å². The van der Waals surface area contributed by atoms with Crippen LogP contribution in [0.1, 0.15) is 57.8 Å². The van der Waals surface area contributed by atoms with Crippen molar-refractivity contribution in [1.82, 2.24) is 0 Å². The van der Waals surface area contributed by atoms with Gasteiger partial charge in [0, 0.05) is 11.0 Å². The molecule has 0 amide bonds. The van der Waals surface area contributed by atoms with E-state index in [0.29, 0.717) is 5.92 Å². The van der Waals surface area contributed by atoms with E-state index in [4.69, 9.17) is 0 Å². The van der Waals surface area contributed by atoms with Crippen molar-refractivity contribution in [1.29, 1.82) is 0 Å². The molecule has 0 heterocycles. The second-order valence-electron chi connectivity index (χ2n) is 5.21. The minimum atomic E-state index is -0.0144. The largest absolute Gasteiger partial charge is 0.392 e. The number of aliphatic hydroxyl groups excluding tert-OH is 1. The summed E-state index contributed by atoms with van der Waals surface area (Å²) in [5, 5.41) is 10.9. The summed E-state index contributed by atoms with van der Waals surface area (Å²) in [7, 11) is 0. The predicted molar refractivity (Wildman–Crippen MR) is 67.3 cm³/mol. The smallest absolute Gasteiger partial charge is 0.0658 e. The van der Waals surface area contributed by atoms with Crippen molar-refractivity contribution in [3.05, 3.63) is 0 Å². The minimum Gasteiger partial charge on any atom is -0.392 e. The van der Waals surface area contributed by atoms with Gasteiger partial charge in [-0.1, -0.05) is 32.1 Å². The van der Waals surface area contributed by atoms with Crippen LogP contribution >= 0.6 is 11.8 Å². The van der Waals surface area contributed by atoms with Crippen molar-refractivity contribution in [3.8, 4) is 0 Å². The summed E-state index contributed by atoms with van der Waals surface area (Å²) in [6.45, 7) is 0. The van der Waals surface area contributed by atoms with Gasteiger partial charge in [0.15, 0.2) is 0 Å². The van der Waals surface area contributed by atoms with Gasteiger partial charge in [-0.25, -0.2) is 0 Å². The van der Waals surface area contributed by atoms with Gasteiger partial charge in [-0.2, -0.15) is 11.8 Å². The molecule has 2 fully saturated rings. The molecule has 0 aromatic carbocycles. The Morgan fingerprint density at radius 1 is 0.933 bits per heavy atom. The van der Waals surface area contributed by atoms with Crippen molar-refractivity contribution in [2.45, 2.75) is 69.1 Å². The summed E-state index contributed by atoms with van der Waals surface area (Å²) in [5.74, 6) is 1.62. The van der Waals surface area contributed by atoms with Gasteiger partial charge < -0.3 is 5.11 Å². The molecule has 0 saturated heterocycles. The average Bonchev–Trinajstić information content (AvgIpc) is 2.81. The highest BCUT2D eigenvalue weighted by Crippen LogP contribution is 2.33. The lowest BCUT2D eigenvalue weighted by atomic mass is 10.0. The molecule has 88 valence electrons. The van der Waals surface area contributed by atoms with E-state index >= 15 is 0 Å². The average molecular weight is 228 g/mol. The van der Waals surface area contributed by atoms with Gasteiger partial charge in [-0.05, 0) is 31.6 Å². The predicted octanol–water partition coefficient (Wildman–Crippen LogP) is 3.60. The number of thioether (sulfide) groups is 1. The van der Waals surface area contributed by atoms with E-state index in [1.165, 1.54) is 57.8 Å². The van der Waals surface area contributed by atoms with Crippen molar-refractivity contribution in [2.75, 3.05) is 5.75 Å². The van der Waals surface area contributed by atoms with Crippen LogP contribution in [0, 0.1) is 5.92 Å². The molecule has 1 nitrogen and oxygen atoms in total. The van der Waals surface area contributed by atoms with Crippen LogP contribution in [0.5, 0.6) is 0 Å². The molecule has 2 heteroatoms. The van der Waals surface area contributed by atoms with E-state index in [9.17, 15) is 5.11 Å². The second-order valence-corrected chi connectivity index (χ2v) is 6.54. The van der Waals surface area contributed by atoms with Crippen molar-refractivity contribution >= 4 is 11.8 Å². The summed E-state index contributed by atoms with van der Waals surface area (Å²) in [6, 6.07) is 0. The highest BCUT2D eigenvalue weighted by molar-refractivity contribution is 7.99. The molecule has 1 N–H and O–H groups in total. The zero-order valence-electron chi connectivity index (χ0n) is 9.66. The van der Waals surface area contributed by atoms with Crippen LogP contribution in [0.2, 0.25) is 0 Å². The van der Waals surface area contributed by atoms with Crippen LogP contribution in [0.3, 0.4) is 0 Å². The SMILES string of the molecule is OC(CSC1CCCCC1)C1CCCC1. The first kappa shape index (κ1) is 11.8. The van der Waals surface area contributed by atoms with Crippen LogP contribution in [-0.4, -0.2) is 22.2 Å². The summed E-state index contributed by atoms with van der Waals surface area (Å²) in [6.07, 6.45) is 12.3. The molecule has 1 atom stereocenters. The van der Waals surface area contributed by atoms with E-state index < -0.39 is 0 Å². The van der Waals surface area contributed by atoms with Gasteiger partial charge in [-0.3, -0.25) is 0 Å². The maximum Gasteiger partial charge on any atom is 0.0658 e. The highest BCUT2D eigenvalue weighted by Gasteiger charge is 2.24. The maximum absolute atomic E-state index is 10.1. The molecule has 0 aromatic heterocycles. The number of aliphatic hydroxyl groups is 1. The summed E-state index contributed by atoms with van der Waals surface area (Å²) in [5.41, 5.74) is 0. The lowest BCUT2D eigenvalue weighted by Crippen LogP contribution is -2.22. The van der Waals surface area contributed by atoms with E-state index in [-0.39, 0.29) is 6.10 Å². The van der Waals surface area contributed by atoms with Crippen LogP contribution in [-0.2, 0) is 0 Å². The van der Waals surface area contributed by atoms with Gasteiger partial charge >= 0.3 is 0 Å². The molecule has 0 aliphatic heterocycles. The topological polar surface area (TPSA) is 20.2 Å². The quantitative estimate of drug-likeness (QED) is 0.793. The van der Waals surface area contributed by atoms with E-state index in [1.807, 2.05) is 11.8 Å². The van der Waals surface area contributed by atoms with Crippen LogP contribution < -0.4 is 0 Å². The van der Waals surface area contributed by atoms with E-state index in [2.05, 4.69) is 0 Å². The normalized spacial score (nSPS) is 27.0. The van der Waals surface area contributed by atoms with Crippen LogP contribution in [0.15, 0.2) is 0 Å². The molecule has 2 aliphatic rings. The summed E-state index contributed by atoms with van der Waals surface area (Å²) < 4.78 is 0. The number of rotatable bonds is 4. The Morgan fingerprint density at radius 2 is 1.53 bits per heavy atom. The van der Waals surface area contributed by atoms with Gasteiger partial charge in [0.1, 0.15) is 0 Å². The first-order valence-electron chi connectivity index (χ1n) is 6.66. The Labute approximate surface area is 98.0 Å². The zero-order chi connectivity index (χ0) is 10.5. The van der Waals surface area contributed by atoms with Crippen molar-refractivity contribution in [2.24, 2.45) is 5.92 Å². The Morgan fingerprint density at radius 3 is 2.20 bits per heavy atom. The van der Waals surface area contributed by atoms with Gasteiger partial charge in [0.05, 0.1) is 6.10 Å². The molecule has 0 spiro atoms. The third-order valence-corrected chi connectivity index (χ3v) is 5.48. The third kappa shape index (κ3) is 3.67. The molecule has 0 bridgehead atoms. The molecular formula is C13H24OS. The summed E-state index contributed by atoms with van der Waals surface area (Å²) >= 11 is 2.04. The summed E-state index contributed by atoms with van der Waals surface area (Å²) in [4.78, 5) is 0. The molecule has 2 saturated carbocycles. The number of hydrogen-bond donors (Lipinski definition) is 1. The molecule has 2 rings (SSSR count). The molecule has 1 unspecified atom stereocenters. The monoisotopic (exact) mass is 228 g/mol. The third-order valence-electron chi connectivity index (χ3n) is 4.00.